The smallest absolute Gasteiger partial charge is 0.291 e. The fourth-order valence-electron chi connectivity index (χ4n) is 2.26. The number of hydrogen-bond acceptors (Lipinski definition) is 7. The zero-order valence-electron chi connectivity index (χ0n) is 15.1. The number of carbonyl (C=O) groups is 2. The Labute approximate surface area is 165 Å². The fraction of sp³-hybridized carbons (Fsp3) is 0.0556. The van der Waals surface area contributed by atoms with Gasteiger partial charge in [-0.2, -0.15) is 0 Å². The van der Waals surface area contributed by atoms with E-state index >= 15 is 0 Å². The quantitative estimate of drug-likeness (QED) is 0.518. The Morgan fingerprint density at radius 1 is 1.00 bits per heavy atom. The van der Waals surface area contributed by atoms with Gasteiger partial charge in [0, 0.05) is 17.3 Å². The number of nitrogens with one attached hydrogen (secondary N) is 3. The molecule has 2 aromatic carbocycles. The molecule has 0 bridgehead atoms. The van der Waals surface area contributed by atoms with Crippen LogP contribution in [0.2, 0.25) is 0 Å². The molecule has 3 N–H and O–H groups in total. The summed E-state index contributed by atoms with van der Waals surface area (Å²) >= 11 is 0. The van der Waals surface area contributed by atoms with Crippen molar-refractivity contribution in [2.24, 2.45) is 0 Å². The van der Waals surface area contributed by atoms with Gasteiger partial charge in [0.05, 0.1) is 12.0 Å². The van der Waals surface area contributed by atoms with Gasteiger partial charge < -0.3 is 9.26 Å². The lowest BCUT2D eigenvalue weighted by molar-refractivity contribution is 0.0841. The summed E-state index contributed by atoms with van der Waals surface area (Å²) in [5, 5.41) is 3.43. The third kappa shape index (κ3) is 4.90. The van der Waals surface area contributed by atoms with Crippen LogP contribution >= 0.6 is 0 Å². The van der Waals surface area contributed by atoms with Gasteiger partial charge in [-0.05, 0) is 42.5 Å². The second kappa shape index (κ2) is 8.44. The van der Waals surface area contributed by atoms with Gasteiger partial charge in [-0.15, -0.1) is 0 Å². The third-order valence-corrected chi connectivity index (χ3v) is 5.09. The number of hydrogen-bond donors (Lipinski definition) is 3. The predicted octanol–water partition coefficient (Wildman–Crippen LogP) is 1.56. The molecule has 0 unspecified atom stereocenters. The number of benzene rings is 2. The number of hydrazine groups is 1. The highest BCUT2D eigenvalue weighted by Gasteiger charge is 2.17. The van der Waals surface area contributed by atoms with Gasteiger partial charge >= 0.3 is 0 Å². The largest absolute Gasteiger partial charge is 0.497 e. The van der Waals surface area contributed by atoms with Gasteiger partial charge in [-0.1, -0.05) is 11.2 Å². The van der Waals surface area contributed by atoms with Crippen LogP contribution in [0, 0.1) is 0 Å². The Balaban J connectivity index is 1.70. The number of anilines is 1. The molecule has 1 aromatic heterocycles. The van der Waals surface area contributed by atoms with Crippen LogP contribution in [0.1, 0.15) is 20.8 Å². The lowest BCUT2D eigenvalue weighted by atomic mass is 10.2. The number of carbonyl (C=O) groups excluding carboxylic acids is 2. The summed E-state index contributed by atoms with van der Waals surface area (Å²) in [5.41, 5.74) is 4.67. The van der Waals surface area contributed by atoms with Crippen molar-refractivity contribution in [1.29, 1.82) is 0 Å². The molecular formula is C18H16N4O6S. The lowest BCUT2D eigenvalue weighted by Gasteiger charge is -2.10. The molecule has 0 saturated heterocycles. The van der Waals surface area contributed by atoms with E-state index in [1.165, 1.54) is 43.7 Å². The Hall–Kier alpha value is -3.86. The van der Waals surface area contributed by atoms with Crippen LogP contribution in [0.15, 0.2) is 70.3 Å². The standard InChI is InChI=1S/C18H16N4O6S/c1-27-14-7-5-13(6-8-14)22-29(25,26)15-4-2-3-12(11-15)17(23)19-20-18(24)16-9-10-28-21-16/h2-11,22H,1H3,(H,19,23)(H,20,24). The van der Waals surface area contributed by atoms with Crippen LogP contribution < -0.4 is 20.3 Å². The van der Waals surface area contributed by atoms with Crippen LogP contribution in [0.25, 0.3) is 0 Å². The molecule has 0 aliphatic heterocycles. The molecule has 10 nitrogen and oxygen atoms in total. The van der Waals surface area contributed by atoms with Crippen molar-refractivity contribution < 1.29 is 27.3 Å². The van der Waals surface area contributed by atoms with Crippen molar-refractivity contribution in [2.45, 2.75) is 4.90 Å². The molecule has 0 atom stereocenters. The molecule has 3 rings (SSSR count). The minimum Gasteiger partial charge on any atom is -0.497 e. The zero-order chi connectivity index (χ0) is 20.9. The summed E-state index contributed by atoms with van der Waals surface area (Å²) in [5.74, 6) is -0.806. The topological polar surface area (TPSA) is 140 Å². The molecule has 0 aliphatic carbocycles. The maximum absolute atomic E-state index is 12.6. The average Bonchev–Trinajstić information content (AvgIpc) is 3.27. The average molecular weight is 416 g/mol. The van der Waals surface area contributed by atoms with Gasteiger partial charge in [-0.25, -0.2) is 8.42 Å². The predicted molar refractivity (Wildman–Crippen MR) is 102 cm³/mol. The van der Waals surface area contributed by atoms with Gasteiger partial charge in [-0.3, -0.25) is 25.2 Å². The molecule has 150 valence electrons. The molecule has 11 heteroatoms. The number of nitrogens with zero attached hydrogens (tertiary/aromatic N) is 1. The Kier molecular flexibility index (Phi) is 5.79. The first-order chi connectivity index (χ1) is 13.9. The molecule has 0 radical (unpaired) electrons. The summed E-state index contributed by atoms with van der Waals surface area (Å²) < 4.78 is 37.2. The van der Waals surface area contributed by atoms with Gasteiger partial charge in [0.15, 0.2) is 5.69 Å². The fourth-order valence-corrected chi connectivity index (χ4v) is 3.36. The van der Waals surface area contributed by atoms with Gasteiger partial charge in [0.25, 0.3) is 21.8 Å². The normalized spacial score (nSPS) is 10.8. The minimum atomic E-state index is -3.94. The lowest BCUT2D eigenvalue weighted by Crippen LogP contribution is -2.41. The number of rotatable bonds is 6. The maximum Gasteiger partial charge on any atom is 0.291 e. The van der Waals surface area contributed by atoms with Gasteiger partial charge in [0.2, 0.25) is 0 Å². The van der Waals surface area contributed by atoms with Crippen LogP contribution in [0.3, 0.4) is 0 Å². The first kappa shape index (κ1) is 19.9. The second-order valence-corrected chi connectivity index (χ2v) is 7.34. The number of amides is 2. The van der Waals surface area contributed by atoms with Gasteiger partial charge in [0.1, 0.15) is 12.0 Å². The van der Waals surface area contributed by atoms with Crippen molar-refractivity contribution in [1.82, 2.24) is 16.0 Å². The number of sulfonamides is 1. The van der Waals surface area contributed by atoms with E-state index in [1.54, 1.807) is 24.3 Å². The first-order valence-corrected chi connectivity index (χ1v) is 9.65. The Morgan fingerprint density at radius 2 is 1.72 bits per heavy atom. The van der Waals surface area contributed by atoms with E-state index in [0.717, 1.165) is 0 Å². The van der Waals surface area contributed by atoms with E-state index < -0.39 is 21.8 Å². The van der Waals surface area contributed by atoms with Crippen molar-refractivity contribution in [3.05, 3.63) is 72.1 Å². The molecule has 0 fully saturated rings. The second-order valence-electron chi connectivity index (χ2n) is 5.65. The molecule has 0 aliphatic rings. The molecule has 2 amide bonds. The van der Waals surface area contributed by atoms with E-state index in [0.29, 0.717) is 11.4 Å². The van der Waals surface area contributed by atoms with E-state index in [9.17, 15) is 18.0 Å². The molecule has 3 aromatic rings. The highest BCUT2D eigenvalue weighted by atomic mass is 32.2. The van der Waals surface area contributed by atoms with E-state index in [-0.39, 0.29) is 16.2 Å². The highest BCUT2D eigenvalue weighted by molar-refractivity contribution is 7.92. The first-order valence-electron chi connectivity index (χ1n) is 8.17. The molecule has 0 saturated carbocycles. The summed E-state index contributed by atoms with van der Waals surface area (Å²) in [6.45, 7) is 0. The molecule has 29 heavy (non-hydrogen) atoms. The highest BCUT2D eigenvalue weighted by Crippen LogP contribution is 2.20. The summed E-state index contributed by atoms with van der Waals surface area (Å²) in [6, 6.07) is 13.0. The number of ether oxygens (including phenoxy) is 1. The summed E-state index contributed by atoms with van der Waals surface area (Å²) in [7, 11) is -2.43. The van der Waals surface area contributed by atoms with Crippen LogP contribution in [-0.4, -0.2) is 32.5 Å². The van der Waals surface area contributed by atoms with Crippen molar-refractivity contribution >= 4 is 27.5 Å². The third-order valence-electron chi connectivity index (χ3n) is 3.71. The van der Waals surface area contributed by atoms with Crippen molar-refractivity contribution in [3.63, 3.8) is 0 Å². The number of methoxy groups -OCH3 is 1. The maximum atomic E-state index is 12.6. The Morgan fingerprint density at radius 3 is 2.38 bits per heavy atom. The monoisotopic (exact) mass is 416 g/mol. The van der Waals surface area contributed by atoms with Crippen LogP contribution in [-0.2, 0) is 10.0 Å². The van der Waals surface area contributed by atoms with Crippen LogP contribution in [0.4, 0.5) is 5.69 Å². The summed E-state index contributed by atoms with van der Waals surface area (Å²) in [6.07, 6.45) is 1.21. The van der Waals surface area contributed by atoms with E-state index in [4.69, 9.17) is 4.74 Å². The minimum absolute atomic E-state index is 0.0229. The Bertz CT molecular complexity index is 1110. The zero-order valence-corrected chi connectivity index (χ0v) is 15.9. The molecular weight excluding hydrogens is 400 g/mol. The molecule has 1 heterocycles. The van der Waals surface area contributed by atoms with Crippen molar-refractivity contribution in [2.75, 3.05) is 11.8 Å². The van der Waals surface area contributed by atoms with E-state index in [1.807, 2.05) is 0 Å². The SMILES string of the molecule is COc1ccc(NS(=O)(=O)c2cccc(C(=O)NNC(=O)c3ccon3)c2)cc1. The number of aromatic nitrogens is 1. The summed E-state index contributed by atoms with van der Waals surface area (Å²) in [4.78, 5) is 23.9. The van der Waals surface area contributed by atoms with Crippen molar-refractivity contribution in [3.8, 4) is 5.75 Å². The van der Waals surface area contributed by atoms with Crippen LogP contribution in [0.5, 0.6) is 5.75 Å². The van der Waals surface area contributed by atoms with E-state index in [2.05, 4.69) is 25.3 Å². The molecule has 0 spiro atoms.